The maximum atomic E-state index is 10.5. The first kappa shape index (κ1) is 8.03. The summed E-state index contributed by atoms with van der Waals surface area (Å²) in [7, 11) is 0. The van der Waals surface area contributed by atoms with E-state index in [1.807, 2.05) is 4.57 Å². The molecule has 13 heavy (non-hydrogen) atoms. The zero-order chi connectivity index (χ0) is 9.26. The number of aromatic nitrogens is 3. The summed E-state index contributed by atoms with van der Waals surface area (Å²) in [5.74, 6) is 0.331. The Hall–Kier alpha value is -1.59. The first-order valence-electron chi connectivity index (χ1n) is 4.15. The van der Waals surface area contributed by atoms with Gasteiger partial charge in [0.05, 0.1) is 0 Å². The summed E-state index contributed by atoms with van der Waals surface area (Å²) in [4.78, 5) is 10.5. The fourth-order valence-corrected chi connectivity index (χ4v) is 1.40. The minimum atomic E-state index is -0.874. The lowest BCUT2D eigenvalue weighted by Gasteiger charge is -2.15. The van der Waals surface area contributed by atoms with E-state index in [0.29, 0.717) is 11.8 Å². The molecule has 0 saturated heterocycles. The van der Waals surface area contributed by atoms with E-state index < -0.39 is 5.97 Å². The second kappa shape index (κ2) is 3.04. The Bertz CT molecular complexity index is 333. The van der Waals surface area contributed by atoms with Crippen LogP contribution in [0.1, 0.15) is 12.2 Å². The molecule has 2 N–H and O–H groups in total. The molecule has 0 aliphatic carbocycles. The Labute approximate surface area is 74.6 Å². The van der Waals surface area contributed by atoms with Gasteiger partial charge < -0.3 is 10.4 Å². The normalized spacial score (nSPS) is 14.8. The van der Waals surface area contributed by atoms with Gasteiger partial charge in [0.2, 0.25) is 5.95 Å². The topological polar surface area (TPSA) is 80.0 Å². The van der Waals surface area contributed by atoms with Crippen molar-refractivity contribution in [1.29, 1.82) is 0 Å². The number of fused-ring (bicyclic) bond motifs is 1. The molecule has 1 aliphatic rings. The Morgan fingerprint density at radius 2 is 2.46 bits per heavy atom. The summed E-state index contributed by atoms with van der Waals surface area (Å²) in [6.45, 7) is 1.68. The number of hydrogen-bond donors (Lipinski definition) is 2. The van der Waals surface area contributed by atoms with E-state index in [-0.39, 0.29) is 6.42 Å². The maximum absolute atomic E-state index is 10.5. The van der Waals surface area contributed by atoms with Gasteiger partial charge in [-0.3, -0.25) is 9.36 Å². The Morgan fingerprint density at radius 3 is 3.23 bits per heavy atom. The van der Waals surface area contributed by atoms with Crippen LogP contribution in [0.5, 0.6) is 0 Å². The smallest absolute Gasteiger partial charge is 0.311 e. The van der Waals surface area contributed by atoms with Crippen LogP contribution in [0, 0.1) is 0 Å². The van der Waals surface area contributed by atoms with Crippen LogP contribution in [0.3, 0.4) is 0 Å². The number of anilines is 1. The number of carbonyl (C=O) groups is 1. The van der Waals surface area contributed by atoms with Crippen molar-refractivity contribution >= 4 is 11.9 Å². The number of nitrogens with one attached hydrogen (secondary N) is 1. The summed E-state index contributed by atoms with van der Waals surface area (Å²) >= 11 is 0. The molecule has 0 amide bonds. The first-order chi connectivity index (χ1) is 6.27. The molecule has 1 aromatic rings. The molecule has 2 heterocycles. The Balaban J connectivity index is 2.26. The van der Waals surface area contributed by atoms with Crippen LogP contribution in [-0.4, -0.2) is 32.4 Å². The lowest BCUT2D eigenvalue weighted by atomic mass is 10.3. The summed E-state index contributed by atoms with van der Waals surface area (Å²) in [6.07, 6.45) is 0.923. The molecule has 0 unspecified atom stereocenters. The summed E-state index contributed by atoms with van der Waals surface area (Å²) in [6, 6.07) is 0. The third-order valence-corrected chi connectivity index (χ3v) is 1.98. The average molecular weight is 182 g/mol. The monoisotopic (exact) mass is 182 g/mol. The molecular formula is C7H10N4O2. The van der Waals surface area contributed by atoms with Crippen LogP contribution < -0.4 is 5.32 Å². The molecule has 6 heteroatoms. The molecule has 0 atom stereocenters. The second-order valence-electron chi connectivity index (χ2n) is 2.94. The van der Waals surface area contributed by atoms with Gasteiger partial charge >= 0.3 is 5.97 Å². The van der Waals surface area contributed by atoms with Crippen LogP contribution in [0.15, 0.2) is 0 Å². The van der Waals surface area contributed by atoms with Crippen molar-refractivity contribution in [2.75, 3.05) is 11.9 Å². The predicted molar refractivity (Wildman–Crippen MR) is 44.5 cm³/mol. The fourth-order valence-electron chi connectivity index (χ4n) is 1.40. The minimum Gasteiger partial charge on any atom is -0.481 e. The van der Waals surface area contributed by atoms with Crippen LogP contribution in [0.4, 0.5) is 5.95 Å². The van der Waals surface area contributed by atoms with Gasteiger partial charge in [-0.15, -0.1) is 10.2 Å². The molecule has 0 aromatic carbocycles. The van der Waals surface area contributed by atoms with Crippen molar-refractivity contribution in [1.82, 2.24) is 14.8 Å². The molecule has 1 aliphatic heterocycles. The van der Waals surface area contributed by atoms with Gasteiger partial charge in [0.1, 0.15) is 12.2 Å². The van der Waals surface area contributed by atoms with E-state index >= 15 is 0 Å². The third kappa shape index (κ3) is 1.47. The van der Waals surface area contributed by atoms with Crippen LogP contribution in [0.25, 0.3) is 0 Å². The number of aliphatic carboxylic acids is 1. The maximum Gasteiger partial charge on any atom is 0.311 e. The Morgan fingerprint density at radius 1 is 1.62 bits per heavy atom. The van der Waals surface area contributed by atoms with Crippen LogP contribution in [0.2, 0.25) is 0 Å². The van der Waals surface area contributed by atoms with E-state index in [4.69, 9.17) is 5.11 Å². The summed E-state index contributed by atoms with van der Waals surface area (Å²) < 4.78 is 1.82. The van der Waals surface area contributed by atoms with Gasteiger partial charge in [0, 0.05) is 13.1 Å². The van der Waals surface area contributed by atoms with Crippen molar-refractivity contribution < 1.29 is 9.90 Å². The van der Waals surface area contributed by atoms with E-state index in [9.17, 15) is 4.79 Å². The Kier molecular flexibility index (Phi) is 1.88. The molecule has 70 valence electrons. The molecule has 2 rings (SSSR count). The summed E-state index contributed by atoms with van der Waals surface area (Å²) in [5, 5.41) is 19.3. The van der Waals surface area contributed by atoms with Gasteiger partial charge in [0.25, 0.3) is 0 Å². The van der Waals surface area contributed by atoms with E-state index in [2.05, 4.69) is 15.5 Å². The molecule has 6 nitrogen and oxygen atoms in total. The number of carboxylic acids is 1. The molecule has 0 spiro atoms. The molecule has 0 saturated carbocycles. The first-order valence-corrected chi connectivity index (χ1v) is 4.15. The van der Waals surface area contributed by atoms with Crippen LogP contribution in [-0.2, 0) is 17.8 Å². The van der Waals surface area contributed by atoms with Crippen molar-refractivity contribution in [3.05, 3.63) is 5.82 Å². The van der Waals surface area contributed by atoms with E-state index in [0.717, 1.165) is 19.5 Å². The number of nitrogens with zero attached hydrogens (tertiary/aromatic N) is 3. The van der Waals surface area contributed by atoms with E-state index in [1.54, 1.807) is 0 Å². The molecule has 0 radical (unpaired) electrons. The quantitative estimate of drug-likeness (QED) is 0.657. The third-order valence-electron chi connectivity index (χ3n) is 1.98. The van der Waals surface area contributed by atoms with Gasteiger partial charge in [0.15, 0.2) is 0 Å². The minimum absolute atomic E-state index is 0.0608. The highest BCUT2D eigenvalue weighted by Crippen LogP contribution is 2.13. The number of hydrogen-bond acceptors (Lipinski definition) is 4. The van der Waals surface area contributed by atoms with Gasteiger partial charge in [-0.1, -0.05) is 0 Å². The molecule has 0 bridgehead atoms. The van der Waals surface area contributed by atoms with Gasteiger partial charge in [-0.05, 0) is 6.42 Å². The second-order valence-corrected chi connectivity index (χ2v) is 2.94. The SMILES string of the molecule is O=C(O)Cc1nnc2n1CCCN2. The average Bonchev–Trinajstić information content (AvgIpc) is 2.48. The highest BCUT2D eigenvalue weighted by Gasteiger charge is 2.16. The lowest BCUT2D eigenvalue weighted by molar-refractivity contribution is -0.136. The molecular weight excluding hydrogens is 172 g/mol. The fraction of sp³-hybridized carbons (Fsp3) is 0.571. The van der Waals surface area contributed by atoms with Crippen LogP contribution >= 0.6 is 0 Å². The van der Waals surface area contributed by atoms with Crippen molar-refractivity contribution in [3.8, 4) is 0 Å². The summed E-state index contributed by atoms with van der Waals surface area (Å²) in [5.41, 5.74) is 0. The zero-order valence-electron chi connectivity index (χ0n) is 7.03. The molecule has 0 fully saturated rings. The largest absolute Gasteiger partial charge is 0.481 e. The van der Waals surface area contributed by atoms with Gasteiger partial charge in [-0.2, -0.15) is 0 Å². The highest BCUT2D eigenvalue weighted by molar-refractivity contribution is 5.69. The highest BCUT2D eigenvalue weighted by atomic mass is 16.4. The number of rotatable bonds is 2. The predicted octanol–water partition coefficient (Wildman–Crippen LogP) is -0.279. The van der Waals surface area contributed by atoms with E-state index in [1.165, 1.54) is 0 Å². The number of carboxylic acid groups (broad SMARTS) is 1. The zero-order valence-corrected chi connectivity index (χ0v) is 7.03. The van der Waals surface area contributed by atoms with Crippen molar-refractivity contribution in [2.24, 2.45) is 0 Å². The van der Waals surface area contributed by atoms with Crippen molar-refractivity contribution in [2.45, 2.75) is 19.4 Å². The lowest BCUT2D eigenvalue weighted by Crippen LogP contribution is -2.19. The van der Waals surface area contributed by atoms with Gasteiger partial charge in [-0.25, -0.2) is 0 Å². The van der Waals surface area contributed by atoms with Crippen molar-refractivity contribution in [3.63, 3.8) is 0 Å². The molecule has 1 aromatic heterocycles. The standard InChI is InChI=1S/C7H10N4O2/c12-6(13)4-5-9-10-7-8-2-1-3-11(5)7/h1-4H2,(H,8,10)(H,12,13).